The van der Waals surface area contributed by atoms with E-state index in [1.54, 1.807) is 11.8 Å². The van der Waals surface area contributed by atoms with Crippen molar-refractivity contribution in [2.24, 2.45) is 0 Å². The molecule has 0 bridgehead atoms. The molecule has 2 atom stereocenters. The number of carbonyl (C=O) groups excluding carboxylic acids is 2. The topological polar surface area (TPSA) is 40.6 Å². The van der Waals surface area contributed by atoms with E-state index in [9.17, 15) is 9.59 Å². The Labute approximate surface area is 145 Å². The second-order valence-electron chi connectivity index (χ2n) is 6.43. The zero-order chi connectivity index (χ0) is 16.0. The molecule has 6 heteroatoms. The summed E-state index contributed by atoms with van der Waals surface area (Å²) in [6.45, 7) is 2.84. The van der Waals surface area contributed by atoms with Crippen LogP contribution in [0.1, 0.15) is 26.2 Å². The Morgan fingerprint density at radius 2 is 2.17 bits per heavy atom. The lowest BCUT2D eigenvalue weighted by molar-refractivity contribution is -0.136. The summed E-state index contributed by atoms with van der Waals surface area (Å²) in [6.07, 6.45) is 2.41. The highest BCUT2D eigenvalue weighted by molar-refractivity contribution is 8.01. The van der Waals surface area contributed by atoms with Crippen molar-refractivity contribution < 1.29 is 9.59 Å². The maximum absolute atomic E-state index is 13.3. The van der Waals surface area contributed by atoms with Crippen LogP contribution < -0.4 is 4.90 Å². The van der Waals surface area contributed by atoms with Crippen LogP contribution in [0.25, 0.3) is 0 Å². The molecule has 2 saturated heterocycles. The van der Waals surface area contributed by atoms with Crippen molar-refractivity contribution in [3.63, 3.8) is 0 Å². The first-order valence-corrected chi connectivity index (χ1v) is 10.1. The molecule has 0 spiro atoms. The van der Waals surface area contributed by atoms with Crippen molar-refractivity contribution >= 4 is 41.0 Å². The molecule has 23 heavy (non-hydrogen) atoms. The summed E-state index contributed by atoms with van der Waals surface area (Å²) in [6, 6.07) is 7.81. The second kappa shape index (κ2) is 5.74. The number of benzene rings is 1. The van der Waals surface area contributed by atoms with Crippen LogP contribution in [0.5, 0.6) is 0 Å². The first kappa shape index (κ1) is 15.4. The van der Waals surface area contributed by atoms with E-state index in [1.165, 1.54) is 4.90 Å². The summed E-state index contributed by atoms with van der Waals surface area (Å²) in [4.78, 5) is 30.3. The van der Waals surface area contributed by atoms with Crippen LogP contribution in [0.2, 0.25) is 0 Å². The van der Waals surface area contributed by atoms with Gasteiger partial charge >= 0.3 is 0 Å². The first-order valence-electron chi connectivity index (χ1n) is 8.09. The van der Waals surface area contributed by atoms with Gasteiger partial charge in [-0.2, -0.15) is 0 Å². The molecule has 1 aromatic rings. The number of nitrogens with zero attached hydrogens (tertiary/aromatic N) is 2. The maximum Gasteiger partial charge on any atom is 0.250 e. The van der Waals surface area contributed by atoms with E-state index in [-0.39, 0.29) is 22.7 Å². The SMILES string of the molecule is C[C@@]12CCC(=O)N1[C@H](C(=O)N1CCCSc3ccccc31)CS2. The Morgan fingerprint density at radius 3 is 3.04 bits per heavy atom. The molecule has 1 aromatic carbocycles. The van der Waals surface area contributed by atoms with Gasteiger partial charge in [-0.05, 0) is 37.7 Å². The number of rotatable bonds is 1. The van der Waals surface area contributed by atoms with E-state index in [2.05, 4.69) is 13.0 Å². The minimum Gasteiger partial charge on any atom is -0.315 e. The smallest absolute Gasteiger partial charge is 0.250 e. The molecule has 0 N–H and O–H groups in total. The molecule has 3 aliphatic heterocycles. The Bertz CT molecular complexity index is 666. The first-order chi connectivity index (χ1) is 11.1. The van der Waals surface area contributed by atoms with Crippen LogP contribution >= 0.6 is 23.5 Å². The molecule has 122 valence electrons. The van der Waals surface area contributed by atoms with Crippen molar-refractivity contribution in [3.8, 4) is 0 Å². The molecule has 0 aliphatic carbocycles. The molecule has 0 saturated carbocycles. The lowest BCUT2D eigenvalue weighted by atomic mass is 10.1. The quantitative estimate of drug-likeness (QED) is 0.782. The van der Waals surface area contributed by atoms with E-state index < -0.39 is 0 Å². The van der Waals surface area contributed by atoms with Gasteiger partial charge in [0.05, 0.1) is 10.6 Å². The average molecular weight is 348 g/mol. The second-order valence-corrected chi connectivity index (χ2v) is 9.06. The van der Waals surface area contributed by atoms with Gasteiger partial charge in [-0.25, -0.2) is 0 Å². The predicted molar refractivity (Wildman–Crippen MR) is 94.9 cm³/mol. The summed E-state index contributed by atoms with van der Waals surface area (Å²) in [7, 11) is 0. The third-order valence-corrected chi connectivity index (χ3v) is 7.59. The van der Waals surface area contributed by atoms with Gasteiger partial charge in [0.2, 0.25) is 5.91 Å². The van der Waals surface area contributed by atoms with Gasteiger partial charge in [0.15, 0.2) is 0 Å². The van der Waals surface area contributed by atoms with Crippen molar-refractivity contribution in [3.05, 3.63) is 24.3 Å². The number of hydrogen-bond donors (Lipinski definition) is 0. The summed E-state index contributed by atoms with van der Waals surface area (Å²) < 4.78 is 0. The third kappa shape index (κ3) is 2.47. The highest BCUT2D eigenvalue weighted by Gasteiger charge is 2.53. The van der Waals surface area contributed by atoms with Crippen LogP contribution in [-0.2, 0) is 9.59 Å². The summed E-state index contributed by atoms with van der Waals surface area (Å²) in [5.74, 6) is 1.97. The number of amides is 2. The number of fused-ring (bicyclic) bond motifs is 2. The van der Waals surface area contributed by atoms with Crippen molar-refractivity contribution in [2.45, 2.75) is 42.0 Å². The summed E-state index contributed by atoms with van der Waals surface area (Å²) in [5, 5.41) is 0. The summed E-state index contributed by atoms with van der Waals surface area (Å²) >= 11 is 3.57. The van der Waals surface area contributed by atoms with E-state index in [1.807, 2.05) is 39.8 Å². The van der Waals surface area contributed by atoms with E-state index in [0.717, 1.165) is 30.8 Å². The minimum absolute atomic E-state index is 0.0893. The molecule has 2 fully saturated rings. The number of para-hydroxylation sites is 1. The fourth-order valence-electron chi connectivity index (χ4n) is 3.74. The molecule has 3 aliphatic rings. The van der Waals surface area contributed by atoms with Crippen molar-refractivity contribution in [2.75, 3.05) is 23.0 Å². The standard InChI is InChI=1S/C17H20N2O2S2/c1-17-8-7-15(20)19(17)13(11-23-17)16(21)18-9-4-10-22-14-6-3-2-5-12(14)18/h2-3,5-6,13H,4,7-11H2,1H3/t13-,17+/m0/s1. The van der Waals surface area contributed by atoms with Gasteiger partial charge < -0.3 is 9.80 Å². The van der Waals surface area contributed by atoms with Crippen molar-refractivity contribution in [1.82, 2.24) is 4.90 Å². The Hall–Kier alpha value is -1.14. The highest BCUT2D eigenvalue weighted by atomic mass is 32.2. The van der Waals surface area contributed by atoms with Crippen LogP contribution in [0, 0.1) is 0 Å². The van der Waals surface area contributed by atoms with E-state index in [4.69, 9.17) is 0 Å². The Morgan fingerprint density at radius 1 is 1.35 bits per heavy atom. The Kier molecular flexibility index (Phi) is 3.84. The van der Waals surface area contributed by atoms with Gasteiger partial charge in [-0.3, -0.25) is 9.59 Å². The van der Waals surface area contributed by atoms with Crippen LogP contribution in [-0.4, -0.2) is 45.7 Å². The Balaban J connectivity index is 1.66. The zero-order valence-electron chi connectivity index (χ0n) is 13.2. The van der Waals surface area contributed by atoms with Crippen molar-refractivity contribution in [1.29, 1.82) is 0 Å². The lowest BCUT2D eigenvalue weighted by Crippen LogP contribution is -2.51. The normalized spacial score (nSPS) is 30.1. The van der Waals surface area contributed by atoms with E-state index in [0.29, 0.717) is 12.2 Å². The molecule has 0 aromatic heterocycles. The van der Waals surface area contributed by atoms with Crippen LogP contribution in [0.3, 0.4) is 0 Å². The lowest BCUT2D eigenvalue weighted by Gasteiger charge is -2.33. The van der Waals surface area contributed by atoms with Gasteiger partial charge in [-0.1, -0.05) is 12.1 Å². The average Bonchev–Trinajstić information content (AvgIpc) is 2.94. The molecule has 4 rings (SSSR count). The number of hydrogen-bond acceptors (Lipinski definition) is 4. The predicted octanol–water partition coefficient (Wildman–Crippen LogP) is 2.97. The molecule has 0 radical (unpaired) electrons. The maximum atomic E-state index is 13.3. The van der Waals surface area contributed by atoms with Crippen LogP contribution in [0.4, 0.5) is 5.69 Å². The molecule has 0 unspecified atom stereocenters. The molecular formula is C17H20N2O2S2. The number of anilines is 1. The largest absolute Gasteiger partial charge is 0.315 e. The van der Waals surface area contributed by atoms with Gasteiger partial charge in [0, 0.05) is 23.6 Å². The third-order valence-electron chi connectivity index (χ3n) is 4.94. The highest BCUT2D eigenvalue weighted by Crippen LogP contribution is 2.48. The van der Waals surface area contributed by atoms with E-state index >= 15 is 0 Å². The number of carbonyl (C=O) groups is 2. The van der Waals surface area contributed by atoms with Gasteiger partial charge in [-0.15, -0.1) is 23.5 Å². The monoisotopic (exact) mass is 348 g/mol. The fraction of sp³-hybridized carbons (Fsp3) is 0.529. The fourth-order valence-corrected chi connectivity index (χ4v) is 6.16. The molecule has 2 amide bonds. The zero-order valence-corrected chi connectivity index (χ0v) is 14.8. The molecule has 4 nitrogen and oxygen atoms in total. The van der Waals surface area contributed by atoms with Gasteiger partial charge in [0.1, 0.15) is 6.04 Å². The summed E-state index contributed by atoms with van der Waals surface area (Å²) in [5.41, 5.74) is 1.00. The number of thioether (sulfide) groups is 2. The molecular weight excluding hydrogens is 328 g/mol. The van der Waals surface area contributed by atoms with Crippen LogP contribution in [0.15, 0.2) is 29.2 Å². The minimum atomic E-state index is -0.309. The molecule has 3 heterocycles. The van der Waals surface area contributed by atoms with Gasteiger partial charge in [0.25, 0.3) is 5.91 Å².